The van der Waals surface area contributed by atoms with E-state index in [0.717, 1.165) is 43.6 Å². The second-order valence-electron chi connectivity index (χ2n) is 31.2. The van der Waals surface area contributed by atoms with Crippen LogP contribution in [-0.4, -0.2) is 449 Å². The van der Waals surface area contributed by atoms with Gasteiger partial charge in [-0.05, 0) is 44.4 Å². The van der Waals surface area contributed by atoms with Crippen molar-refractivity contribution in [3.63, 3.8) is 0 Å². The van der Waals surface area contributed by atoms with E-state index in [0.29, 0.717) is 32.3 Å². The van der Waals surface area contributed by atoms with Crippen LogP contribution in [0.5, 0.6) is 0 Å². The number of aromatic nitrogens is 11. The molecule has 0 aromatic carbocycles. The van der Waals surface area contributed by atoms with Crippen LogP contribution in [-0.2, 0) is 33.2 Å². The lowest BCUT2D eigenvalue weighted by Gasteiger charge is -2.45. The monoisotopic (exact) mass is 1920 g/mol. The number of likely N-dealkylation sites (tertiary alicyclic amines) is 1. The highest BCUT2D eigenvalue weighted by Gasteiger charge is 2.52. The molecule has 3 unspecified atom stereocenters. The Balaban J connectivity index is 0.000000192. The smallest absolute Gasteiger partial charge is 0.351 e. The lowest BCUT2D eigenvalue weighted by atomic mass is 9.97. The number of nitrogens with one attached hydrogen (secondary N) is 4. The number of hydrogen-bond acceptors (Lipinski definition) is 47. The molecule has 8 fully saturated rings. The van der Waals surface area contributed by atoms with Crippen LogP contribution in [0.25, 0.3) is 0 Å². The van der Waals surface area contributed by atoms with Gasteiger partial charge < -0.3 is 197 Å². The summed E-state index contributed by atoms with van der Waals surface area (Å²) in [6, 6.07) is 2.44. The predicted octanol–water partition coefficient (Wildman–Crippen LogP) is -18.5. The van der Waals surface area contributed by atoms with E-state index in [-0.39, 0.29) is 6.61 Å². The van der Waals surface area contributed by atoms with Crippen LogP contribution in [0.2, 0.25) is 0 Å². The van der Waals surface area contributed by atoms with Crippen molar-refractivity contribution in [1.82, 2.24) is 68.3 Å². The van der Waals surface area contributed by atoms with E-state index in [9.17, 15) is 150 Å². The Morgan fingerprint density at radius 2 is 0.774 bits per heavy atom. The Hall–Kier alpha value is -9.10. The molecule has 14 rings (SSSR count). The van der Waals surface area contributed by atoms with Gasteiger partial charge in [0.1, 0.15) is 183 Å². The number of ether oxygens (including phenoxy) is 7. The van der Waals surface area contributed by atoms with Crippen molar-refractivity contribution in [3.05, 3.63) is 149 Å². The first-order valence-corrected chi connectivity index (χ1v) is 40.6. The average molecular weight is 1920 g/mol. The van der Waals surface area contributed by atoms with Crippen molar-refractivity contribution in [3.8, 4) is 0 Å². The van der Waals surface area contributed by atoms with Crippen molar-refractivity contribution < 1.29 is 195 Å². The van der Waals surface area contributed by atoms with Crippen LogP contribution >= 0.6 is 0 Å². The number of H-pyrrole nitrogens is 2. The van der Waals surface area contributed by atoms with Gasteiger partial charge in [-0.3, -0.25) is 48.4 Å². The van der Waals surface area contributed by atoms with Gasteiger partial charge in [-0.25, -0.2) is 38.7 Å². The van der Waals surface area contributed by atoms with Gasteiger partial charge in [-0.1, -0.05) is 6.42 Å². The van der Waals surface area contributed by atoms with Gasteiger partial charge in [0.05, 0.1) is 65.0 Å². The normalized spacial score (nSPS) is 36.1. The highest BCUT2D eigenvalue weighted by Crippen LogP contribution is 2.35. The lowest BCUT2D eigenvalue weighted by molar-refractivity contribution is -0.266. The van der Waals surface area contributed by atoms with E-state index in [1.807, 2.05) is 24.8 Å². The standard InChI is InChI=1S/C12H17N5O9.C12H19NO5.C11H21NO5.C10H14FN3O6.C10H13FN2O7.2C9H14N2O5/c13-11(24)16-15-9(23)3-1-17(12(25)14-8(3)22)10-7(21)6(20)5(19)4(2-18)26-10;1-6-3-7(2)13(4-6)12-11(17)10(16)9(15)8(5-14)18-12;13-6-7-8(14)9(15)10(16)11(17-7)12-4-2-1-3-5-12;11-3-1-14(10(19)13-8(3)12)9-7(18)6(17)5(16)4(2-15)20-9;11-3-1-13(10(19)12-8(3)18)9-7(17)6(16)5(15)4(2-14)20-9;12-3-5-6(13)7(14)8(15)9(16-5)11-2-1-10-4-11;12-4-5-6(13)7(14)8(15)9(16-5)11-3-1-2-10-11/h1,4-7,10,18-21H,2H2,(H,15,23)(H3,13,16,24)(H,14,22,25);3-4,8-12,14-17H,5H2,1-2H3;7-11,13-16H,1-6H2;1,4-7,9,15-18H,2H2,(H2,12,13,19);1,4-7,9,14-17H,2H2,(H,12,18,19);1-2,4-9,12-15H,3H2;1-3,5-9,12-15H,4H2/t4-,5-,6+,7+,10+;8-,9-,10+,11+,12?;7-,8-,9+,10+,11+;2*4-,5-,6+,7+,9+;2*5-,6-,7+,8+,9?/m1111111/s1. The summed E-state index contributed by atoms with van der Waals surface area (Å²) in [5, 5.41) is 271. The zero-order chi connectivity index (χ0) is 98.9. The van der Waals surface area contributed by atoms with Crippen molar-refractivity contribution in [2.24, 2.45) is 5.73 Å². The molecule has 8 aliphatic heterocycles. The summed E-state index contributed by atoms with van der Waals surface area (Å²) in [6.45, 7) is 1.63. The van der Waals surface area contributed by atoms with Gasteiger partial charge >= 0.3 is 23.1 Å². The van der Waals surface area contributed by atoms with Crippen molar-refractivity contribution in [2.45, 2.75) is 248 Å². The molecule has 3 amide bonds. The number of nitrogens with zero attached hydrogens (tertiary/aromatic N) is 10. The van der Waals surface area contributed by atoms with Crippen LogP contribution in [0.15, 0.2) is 92.0 Å². The summed E-state index contributed by atoms with van der Waals surface area (Å²) in [6.07, 6.45) is -31.6. The van der Waals surface area contributed by atoms with E-state index < -0.39 is 317 Å². The second kappa shape index (κ2) is 49.1. The fourth-order valence-electron chi connectivity index (χ4n) is 14.6. The number of imidazole rings is 1. The largest absolute Gasteiger partial charge is 0.394 e. The summed E-state index contributed by atoms with van der Waals surface area (Å²) in [7, 11) is 0. The number of nitrogen functional groups attached to an aromatic ring is 1. The summed E-state index contributed by atoms with van der Waals surface area (Å²) in [5.74, 6) is -4.05. The number of amides is 3. The summed E-state index contributed by atoms with van der Waals surface area (Å²) in [5.41, 5.74) is 9.13. The SMILES string of the molecule is Cc1cc(C)n(C2O[C@H](CO)[C@@H](O)[C@H](O)[C@@H]2O)c1.NC(=O)NNC(=O)c1cn([C@H]2O[C@H](CO)[C@@H](O)[C@H](O)[C@@H]2O)c(=O)[nH]c1=O.Nc1nc(=O)n([C@H]2O[C@H](CO)[C@@H](O)[C@H](O)[C@@H]2O)cc1F.O=c1[nH]c(=O)n([C@H]2O[C@H](CO)[C@@H](O)[C@H](O)[C@@H]2O)cc1F.OC[C@H]1OC(n2cccn2)[C@@H](O)[C@@H](O)[C@@H]1O.OC[C@H]1OC(n2ccnc2)[C@@H](O)[C@@H](O)[C@@H]1O.OC[C@H]1O[C@H](N2CCCCC2)[C@@H](O)[C@@H](O)[C@@H]1O. The summed E-state index contributed by atoms with van der Waals surface area (Å²) >= 11 is 0. The molecule has 6 aromatic heterocycles. The molecule has 58 nitrogen and oxygen atoms in total. The molecule has 0 bridgehead atoms. The van der Waals surface area contributed by atoms with Gasteiger partial charge in [0.25, 0.3) is 17.0 Å². The summed E-state index contributed by atoms with van der Waals surface area (Å²) in [4.78, 5) is 92.8. The quantitative estimate of drug-likeness (QED) is 0.0425. The number of piperidine rings is 1. The predicted molar refractivity (Wildman–Crippen MR) is 427 cm³/mol. The molecule has 750 valence electrons. The molecular formula is C73H112F2N16O42. The molecular weight excluding hydrogens is 1810 g/mol. The van der Waals surface area contributed by atoms with Crippen LogP contribution in [0, 0.1) is 25.5 Å². The molecule has 133 heavy (non-hydrogen) atoms. The van der Waals surface area contributed by atoms with Crippen LogP contribution < -0.4 is 50.5 Å². The maximum absolute atomic E-state index is 13.3. The van der Waals surface area contributed by atoms with Crippen molar-refractivity contribution in [1.29, 1.82) is 0 Å². The Morgan fingerprint density at radius 1 is 0.421 bits per heavy atom. The van der Waals surface area contributed by atoms with Gasteiger partial charge in [-0.2, -0.15) is 14.5 Å². The first-order valence-electron chi connectivity index (χ1n) is 40.6. The number of hydrogen-bond donors (Lipinski definition) is 34. The zero-order valence-electron chi connectivity index (χ0n) is 70.2. The number of carbonyl (C=O) groups excluding carboxylic acids is 2. The molecule has 8 aliphatic rings. The molecule has 6 aromatic rings. The van der Waals surface area contributed by atoms with Crippen molar-refractivity contribution in [2.75, 3.05) is 65.1 Å². The molecule has 14 heterocycles. The first-order chi connectivity index (χ1) is 62.8. The number of aromatic amines is 2. The second-order valence-corrected chi connectivity index (χ2v) is 31.2. The maximum Gasteiger partial charge on any atom is 0.351 e. The highest BCUT2D eigenvalue weighted by atomic mass is 19.1. The number of carbonyl (C=O) groups is 2. The van der Waals surface area contributed by atoms with E-state index in [1.54, 1.807) is 50.0 Å². The number of rotatable bonds is 15. The minimum atomic E-state index is -1.82. The van der Waals surface area contributed by atoms with Gasteiger partial charge in [-0.15, -0.1) is 0 Å². The Bertz CT molecular complexity index is 4840. The van der Waals surface area contributed by atoms with Gasteiger partial charge in [0.2, 0.25) is 5.82 Å². The number of halogens is 2. The third kappa shape index (κ3) is 25.8. The maximum atomic E-state index is 13.3. The Kier molecular flexibility index (Phi) is 40.3. The number of urea groups is 1. The van der Waals surface area contributed by atoms with Crippen molar-refractivity contribution >= 4 is 17.8 Å². The van der Waals surface area contributed by atoms with Crippen LogP contribution in [0.1, 0.15) is 78.2 Å². The number of nitrogens with two attached hydrogens (primary N) is 2. The van der Waals surface area contributed by atoms with Crippen LogP contribution in [0.4, 0.5) is 19.4 Å². The number of aliphatic hydroxyl groups is 28. The molecule has 35 atom stereocenters. The molecule has 8 saturated heterocycles. The van der Waals surface area contributed by atoms with Gasteiger partial charge in [0, 0.05) is 56.0 Å². The molecule has 0 spiro atoms. The first kappa shape index (κ1) is 109. The number of aryl methyl sites for hydroxylation is 2. The number of primary amides is 1. The third-order valence-corrected chi connectivity index (χ3v) is 22.1. The zero-order valence-corrected chi connectivity index (χ0v) is 70.2. The molecule has 0 radical (unpaired) electrons. The molecule has 0 aliphatic carbocycles. The lowest BCUT2D eigenvalue weighted by Crippen LogP contribution is -2.63. The minimum Gasteiger partial charge on any atom is -0.394 e. The Morgan fingerprint density at radius 3 is 1.15 bits per heavy atom. The van der Waals surface area contributed by atoms with E-state index in [2.05, 4.69) is 15.1 Å². The van der Waals surface area contributed by atoms with E-state index in [1.165, 1.54) is 28.0 Å². The Labute approximate surface area is 745 Å². The number of hydrazine groups is 1. The van der Waals surface area contributed by atoms with E-state index >= 15 is 0 Å². The summed E-state index contributed by atoms with van der Waals surface area (Å²) < 4.78 is 69.6. The number of aliphatic hydroxyl groups excluding tert-OH is 28. The van der Waals surface area contributed by atoms with Gasteiger partial charge in [0.15, 0.2) is 49.0 Å². The fourth-order valence-corrected chi connectivity index (χ4v) is 14.6. The van der Waals surface area contributed by atoms with E-state index in [4.69, 9.17) is 80.4 Å². The molecule has 0 saturated carbocycles. The fraction of sp³-hybridized carbons (Fsp3) is 0.671. The average Bonchev–Trinajstić information content (AvgIpc) is 1.16. The number of anilines is 1. The third-order valence-electron chi connectivity index (χ3n) is 22.1. The highest BCUT2D eigenvalue weighted by molar-refractivity contribution is 5.94. The molecule has 60 heteroatoms. The topological polar surface area (TPSA) is 930 Å². The van der Waals surface area contributed by atoms with Crippen LogP contribution in [0.3, 0.4) is 0 Å². The molecule has 36 N–H and O–H groups in total. The minimum absolute atomic E-state index is 0.366.